The Bertz CT molecular complexity index is 479. The van der Waals surface area contributed by atoms with Gasteiger partial charge >= 0.3 is 5.69 Å². The number of nitro benzene ring substituents is 1. The summed E-state index contributed by atoms with van der Waals surface area (Å²) in [6.07, 6.45) is 1.17. The minimum Gasteiger partial charge on any atom is -0.374 e. The molecule has 1 saturated heterocycles. The third kappa shape index (κ3) is 3.16. The standard InChI is InChI=1S/C13H17ClN2O3/c1-9(2)19-10-6-7-15(8-10)12-5-3-4-11(14)13(12)16(17)18/h3-5,9-10H,6-8H2,1-2H3/t10-/m1/s1. The molecule has 1 aliphatic rings. The second-order valence-corrected chi connectivity index (χ2v) is 5.31. The van der Waals surface area contributed by atoms with Crippen LogP contribution in [-0.4, -0.2) is 30.2 Å². The van der Waals surface area contributed by atoms with Crippen LogP contribution in [0.15, 0.2) is 18.2 Å². The van der Waals surface area contributed by atoms with Crippen LogP contribution in [0.2, 0.25) is 5.02 Å². The lowest BCUT2D eigenvalue weighted by atomic mass is 10.2. The van der Waals surface area contributed by atoms with Gasteiger partial charge in [-0.3, -0.25) is 10.1 Å². The Labute approximate surface area is 117 Å². The van der Waals surface area contributed by atoms with E-state index in [-0.39, 0.29) is 22.9 Å². The van der Waals surface area contributed by atoms with Crippen LogP contribution in [-0.2, 0) is 4.74 Å². The van der Waals surface area contributed by atoms with Crippen molar-refractivity contribution >= 4 is 23.0 Å². The number of hydrogen-bond donors (Lipinski definition) is 0. The van der Waals surface area contributed by atoms with Crippen LogP contribution in [0, 0.1) is 10.1 Å². The van der Waals surface area contributed by atoms with E-state index in [0.717, 1.165) is 13.0 Å². The molecule has 0 bridgehead atoms. The molecule has 5 nitrogen and oxygen atoms in total. The third-order valence-electron chi connectivity index (χ3n) is 3.10. The highest BCUT2D eigenvalue weighted by Gasteiger charge is 2.29. The number of halogens is 1. The minimum atomic E-state index is -0.422. The van der Waals surface area contributed by atoms with Crippen LogP contribution in [0.25, 0.3) is 0 Å². The summed E-state index contributed by atoms with van der Waals surface area (Å²) >= 11 is 5.92. The molecule has 2 rings (SSSR count). The molecule has 0 N–H and O–H groups in total. The summed E-state index contributed by atoms with van der Waals surface area (Å²) in [5, 5.41) is 11.3. The number of anilines is 1. The number of rotatable bonds is 4. The van der Waals surface area contributed by atoms with Gasteiger partial charge in [-0.1, -0.05) is 17.7 Å². The van der Waals surface area contributed by atoms with Crippen molar-refractivity contribution in [2.24, 2.45) is 0 Å². The fourth-order valence-corrected chi connectivity index (χ4v) is 2.62. The molecule has 0 aliphatic carbocycles. The molecule has 0 amide bonds. The van der Waals surface area contributed by atoms with Crippen molar-refractivity contribution in [1.29, 1.82) is 0 Å². The molecule has 0 spiro atoms. The van der Waals surface area contributed by atoms with E-state index in [1.54, 1.807) is 18.2 Å². The molecular formula is C13H17ClN2O3. The van der Waals surface area contributed by atoms with Crippen molar-refractivity contribution in [2.45, 2.75) is 32.5 Å². The summed E-state index contributed by atoms with van der Waals surface area (Å²) < 4.78 is 5.75. The van der Waals surface area contributed by atoms with Gasteiger partial charge in [0.1, 0.15) is 10.7 Å². The van der Waals surface area contributed by atoms with Crippen molar-refractivity contribution in [2.75, 3.05) is 18.0 Å². The van der Waals surface area contributed by atoms with Gasteiger partial charge in [-0.05, 0) is 32.4 Å². The molecule has 19 heavy (non-hydrogen) atoms. The highest BCUT2D eigenvalue weighted by Crippen LogP contribution is 2.36. The molecule has 1 aromatic carbocycles. The molecule has 1 fully saturated rings. The van der Waals surface area contributed by atoms with E-state index in [0.29, 0.717) is 12.2 Å². The summed E-state index contributed by atoms with van der Waals surface area (Å²) in [4.78, 5) is 12.7. The average molecular weight is 285 g/mol. The molecule has 1 atom stereocenters. The van der Waals surface area contributed by atoms with Gasteiger partial charge in [-0.25, -0.2) is 0 Å². The van der Waals surface area contributed by atoms with Crippen molar-refractivity contribution in [3.05, 3.63) is 33.3 Å². The Hall–Kier alpha value is -1.33. The maximum atomic E-state index is 11.1. The first kappa shape index (κ1) is 14.1. The predicted octanol–water partition coefficient (Wildman–Crippen LogP) is 3.25. The fraction of sp³-hybridized carbons (Fsp3) is 0.538. The Morgan fingerprint density at radius 3 is 2.89 bits per heavy atom. The number of ether oxygens (including phenoxy) is 1. The maximum Gasteiger partial charge on any atom is 0.310 e. The summed E-state index contributed by atoms with van der Waals surface area (Å²) in [5.41, 5.74) is 0.557. The van der Waals surface area contributed by atoms with Gasteiger partial charge in [0.15, 0.2) is 0 Å². The van der Waals surface area contributed by atoms with Crippen LogP contribution >= 0.6 is 11.6 Å². The lowest BCUT2D eigenvalue weighted by Gasteiger charge is -2.19. The highest BCUT2D eigenvalue weighted by atomic mass is 35.5. The fourth-order valence-electron chi connectivity index (χ4n) is 2.38. The van der Waals surface area contributed by atoms with Crippen LogP contribution in [0.4, 0.5) is 11.4 Å². The lowest BCUT2D eigenvalue weighted by Crippen LogP contribution is -2.25. The summed E-state index contributed by atoms with van der Waals surface area (Å²) in [7, 11) is 0. The first-order chi connectivity index (χ1) is 8.99. The van der Waals surface area contributed by atoms with Gasteiger partial charge in [-0.15, -0.1) is 0 Å². The molecule has 1 aromatic rings. The largest absolute Gasteiger partial charge is 0.374 e. The average Bonchev–Trinajstić information content (AvgIpc) is 2.75. The van der Waals surface area contributed by atoms with E-state index in [1.165, 1.54) is 0 Å². The Morgan fingerprint density at radius 1 is 1.53 bits per heavy atom. The number of nitrogens with zero attached hydrogens (tertiary/aromatic N) is 2. The molecule has 0 unspecified atom stereocenters. The molecule has 0 radical (unpaired) electrons. The number of nitro groups is 1. The first-order valence-electron chi connectivity index (χ1n) is 6.32. The third-order valence-corrected chi connectivity index (χ3v) is 3.40. The molecule has 6 heteroatoms. The smallest absolute Gasteiger partial charge is 0.310 e. The van der Waals surface area contributed by atoms with E-state index in [4.69, 9.17) is 16.3 Å². The second kappa shape index (κ2) is 5.75. The zero-order chi connectivity index (χ0) is 14.0. The SMILES string of the molecule is CC(C)O[C@@H]1CCN(c2cccc(Cl)c2[N+](=O)[O-])C1. The Morgan fingerprint density at radius 2 is 2.26 bits per heavy atom. The summed E-state index contributed by atoms with van der Waals surface area (Å²) in [5.74, 6) is 0. The zero-order valence-corrected chi connectivity index (χ0v) is 11.8. The molecule has 104 valence electrons. The normalized spacial score (nSPS) is 19.2. The molecular weight excluding hydrogens is 268 g/mol. The maximum absolute atomic E-state index is 11.1. The molecule has 0 saturated carbocycles. The Kier molecular flexibility index (Phi) is 4.27. The molecule has 1 heterocycles. The highest BCUT2D eigenvalue weighted by molar-refractivity contribution is 6.33. The zero-order valence-electron chi connectivity index (χ0n) is 11.0. The molecule has 0 aromatic heterocycles. The van der Waals surface area contributed by atoms with Crippen molar-refractivity contribution in [3.63, 3.8) is 0 Å². The van der Waals surface area contributed by atoms with Crippen LogP contribution in [0.5, 0.6) is 0 Å². The van der Waals surface area contributed by atoms with E-state index in [1.807, 2.05) is 18.7 Å². The van der Waals surface area contributed by atoms with Gasteiger partial charge < -0.3 is 9.64 Å². The van der Waals surface area contributed by atoms with Crippen molar-refractivity contribution < 1.29 is 9.66 Å². The monoisotopic (exact) mass is 284 g/mol. The van der Waals surface area contributed by atoms with Gasteiger partial charge in [0.2, 0.25) is 0 Å². The van der Waals surface area contributed by atoms with Crippen LogP contribution in [0.1, 0.15) is 20.3 Å². The number of hydrogen-bond acceptors (Lipinski definition) is 4. The van der Waals surface area contributed by atoms with E-state index in [2.05, 4.69) is 0 Å². The predicted molar refractivity (Wildman–Crippen MR) is 74.9 cm³/mol. The lowest BCUT2D eigenvalue weighted by molar-refractivity contribution is -0.384. The van der Waals surface area contributed by atoms with E-state index in [9.17, 15) is 10.1 Å². The second-order valence-electron chi connectivity index (χ2n) is 4.91. The van der Waals surface area contributed by atoms with Gasteiger partial charge in [0.25, 0.3) is 0 Å². The van der Waals surface area contributed by atoms with Crippen molar-refractivity contribution in [1.82, 2.24) is 0 Å². The molecule has 1 aliphatic heterocycles. The van der Waals surface area contributed by atoms with Crippen molar-refractivity contribution in [3.8, 4) is 0 Å². The van der Waals surface area contributed by atoms with Gasteiger partial charge in [0.05, 0.1) is 17.1 Å². The summed E-state index contributed by atoms with van der Waals surface area (Å²) in [6.45, 7) is 5.40. The topological polar surface area (TPSA) is 55.6 Å². The number of para-hydroxylation sites is 1. The van der Waals surface area contributed by atoms with E-state index >= 15 is 0 Å². The van der Waals surface area contributed by atoms with Gasteiger partial charge in [-0.2, -0.15) is 0 Å². The quantitative estimate of drug-likeness (QED) is 0.629. The van der Waals surface area contributed by atoms with Crippen LogP contribution < -0.4 is 4.90 Å². The minimum absolute atomic E-state index is 0.0191. The first-order valence-corrected chi connectivity index (χ1v) is 6.70. The summed E-state index contributed by atoms with van der Waals surface area (Å²) in [6, 6.07) is 5.02. The number of benzene rings is 1. The van der Waals surface area contributed by atoms with Crippen LogP contribution in [0.3, 0.4) is 0 Å². The van der Waals surface area contributed by atoms with Gasteiger partial charge in [0, 0.05) is 13.1 Å². The van der Waals surface area contributed by atoms with E-state index < -0.39 is 4.92 Å². The Balaban J connectivity index is 2.20.